The molecule has 2 aromatic rings. The fourth-order valence-corrected chi connectivity index (χ4v) is 4.97. The molecule has 1 fully saturated rings. The van der Waals surface area contributed by atoms with Gasteiger partial charge in [-0.05, 0) is 18.2 Å². The number of aromatic nitrogens is 2. The van der Waals surface area contributed by atoms with Gasteiger partial charge in [0.15, 0.2) is 0 Å². The maximum atomic E-state index is 12.0. The molecule has 1 aliphatic rings. The monoisotopic (exact) mass is 310 g/mol. The van der Waals surface area contributed by atoms with Gasteiger partial charge in [-0.25, -0.2) is 9.59 Å². The Kier molecular flexibility index (Phi) is 3.80. The molecule has 20 heavy (non-hydrogen) atoms. The fourth-order valence-electron chi connectivity index (χ4n) is 2.31. The molecule has 7 heteroatoms. The number of rotatable bonds is 3. The van der Waals surface area contributed by atoms with Gasteiger partial charge in [-0.3, -0.25) is 4.57 Å². The van der Waals surface area contributed by atoms with Crippen LogP contribution in [0.2, 0.25) is 0 Å². The van der Waals surface area contributed by atoms with Crippen LogP contribution in [0.1, 0.15) is 10.4 Å². The van der Waals surface area contributed by atoms with Crippen molar-refractivity contribution in [3.05, 3.63) is 34.2 Å². The number of aromatic amines is 1. The second kappa shape index (κ2) is 5.57. The summed E-state index contributed by atoms with van der Waals surface area (Å²) in [5.74, 6) is 2.32. The number of nitrogens with zero attached hydrogens (tertiary/aromatic N) is 1. The number of hydrogen-bond donors (Lipinski definition) is 2. The molecule has 5 nitrogen and oxygen atoms in total. The molecule has 1 aliphatic heterocycles. The van der Waals surface area contributed by atoms with E-state index in [0.29, 0.717) is 22.8 Å². The Labute approximate surface area is 123 Å². The molecule has 0 amide bonds. The Hall–Kier alpha value is -1.34. The van der Waals surface area contributed by atoms with Crippen molar-refractivity contribution < 1.29 is 9.90 Å². The van der Waals surface area contributed by atoms with Crippen molar-refractivity contribution in [1.29, 1.82) is 0 Å². The first-order valence-electron chi connectivity index (χ1n) is 6.30. The summed E-state index contributed by atoms with van der Waals surface area (Å²) in [6.07, 6.45) is 0. The minimum atomic E-state index is -0.977. The molecular formula is C13H14N2O3S2. The van der Waals surface area contributed by atoms with Crippen molar-refractivity contribution in [1.82, 2.24) is 9.55 Å². The third-order valence-corrected chi connectivity index (χ3v) is 6.12. The van der Waals surface area contributed by atoms with Crippen LogP contribution in [-0.4, -0.2) is 43.1 Å². The van der Waals surface area contributed by atoms with Crippen LogP contribution in [0.4, 0.5) is 0 Å². The van der Waals surface area contributed by atoms with Crippen LogP contribution in [0.3, 0.4) is 0 Å². The highest BCUT2D eigenvalue weighted by Crippen LogP contribution is 2.26. The van der Waals surface area contributed by atoms with Gasteiger partial charge in [0, 0.05) is 29.1 Å². The number of nitrogens with one attached hydrogen (secondary N) is 1. The van der Waals surface area contributed by atoms with Crippen molar-refractivity contribution in [2.45, 2.75) is 11.8 Å². The summed E-state index contributed by atoms with van der Waals surface area (Å²) in [6, 6.07) is 4.73. The predicted molar refractivity (Wildman–Crippen MR) is 83.1 cm³/mol. The van der Waals surface area contributed by atoms with E-state index in [9.17, 15) is 9.59 Å². The number of carboxylic acids is 1. The number of aromatic carboxylic acids is 1. The quantitative estimate of drug-likeness (QED) is 0.905. The molecule has 1 saturated heterocycles. The van der Waals surface area contributed by atoms with E-state index in [2.05, 4.69) is 4.98 Å². The minimum absolute atomic E-state index is 0.168. The normalized spacial score (nSPS) is 19.3. The molecule has 0 aliphatic carbocycles. The second-order valence-electron chi connectivity index (χ2n) is 4.65. The Morgan fingerprint density at radius 2 is 2.30 bits per heavy atom. The van der Waals surface area contributed by atoms with Crippen LogP contribution < -0.4 is 5.69 Å². The third-order valence-electron chi connectivity index (χ3n) is 3.29. The van der Waals surface area contributed by atoms with Crippen molar-refractivity contribution in [3.8, 4) is 0 Å². The van der Waals surface area contributed by atoms with E-state index >= 15 is 0 Å². The Morgan fingerprint density at radius 3 is 3.00 bits per heavy atom. The summed E-state index contributed by atoms with van der Waals surface area (Å²) in [5.41, 5.74) is 1.40. The topological polar surface area (TPSA) is 75.1 Å². The number of benzene rings is 1. The van der Waals surface area contributed by atoms with Crippen LogP contribution in [0.5, 0.6) is 0 Å². The highest BCUT2D eigenvalue weighted by molar-refractivity contribution is 8.06. The van der Waals surface area contributed by atoms with Gasteiger partial charge in [0.25, 0.3) is 0 Å². The number of fused-ring (bicyclic) bond motifs is 1. The Morgan fingerprint density at radius 1 is 1.45 bits per heavy atom. The number of carbonyl (C=O) groups is 1. The van der Waals surface area contributed by atoms with Gasteiger partial charge in [0.1, 0.15) is 0 Å². The number of carboxylic acid groups (broad SMARTS) is 1. The van der Waals surface area contributed by atoms with Gasteiger partial charge >= 0.3 is 11.7 Å². The first-order chi connectivity index (χ1) is 9.65. The molecule has 1 unspecified atom stereocenters. The average Bonchev–Trinajstić information content (AvgIpc) is 2.75. The van der Waals surface area contributed by atoms with Gasteiger partial charge < -0.3 is 10.1 Å². The first-order valence-corrected chi connectivity index (χ1v) is 8.51. The van der Waals surface area contributed by atoms with Crippen molar-refractivity contribution in [2.24, 2.45) is 0 Å². The third kappa shape index (κ3) is 2.60. The van der Waals surface area contributed by atoms with Crippen molar-refractivity contribution in [3.63, 3.8) is 0 Å². The standard InChI is InChI=1S/C13H14N2O3S2/c16-12(17)8-1-2-10-11(5-8)15(13(18)14-10)6-9-7-19-3-4-20-9/h1-2,5,9H,3-4,6-7H2,(H,14,18)(H,16,17). The summed E-state index contributed by atoms with van der Waals surface area (Å²) >= 11 is 3.78. The van der Waals surface area contributed by atoms with Gasteiger partial charge in [-0.1, -0.05) is 0 Å². The molecule has 2 N–H and O–H groups in total. The molecule has 1 aromatic heterocycles. The SMILES string of the molecule is O=C(O)c1ccc2[nH]c(=O)n(CC3CSCCS3)c2c1. The molecule has 1 aromatic carbocycles. The molecule has 0 bridgehead atoms. The maximum Gasteiger partial charge on any atom is 0.335 e. The summed E-state index contributed by atoms with van der Waals surface area (Å²) in [4.78, 5) is 25.9. The van der Waals surface area contributed by atoms with E-state index in [1.165, 1.54) is 6.07 Å². The molecule has 0 spiro atoms. The van der Waals surface area contributed by atoms with Gasteiger partial charge in [0.05, 0.1) is 16.6 Å². The zero-order valence-electron chi connectivity index (χ0n) is 10.7. The summed E-state index contributed by atoms with van der Waals surface area (Å²) in [6.45, 7) is 0.625. The zero-order valence-corrected chi connectivity index (χ0v) is 12.3. The van der Waals surface area contributed by atoms with Crippen LogP contribution in [-0.2, 0) is 6.54 Å². The van der Waals surface area contributed by atoms with E-state index in [1.54, 1.807) is 16.7 Å². The summed E-state index contributed by atoms with van der Waals surface area (Å²) in [7, 11) is 0. The number of imidazole rings is 1. The zero-order chi connectivity index (χ0) is 14.1. The first kappa shape index (κ1) is 13.6. The Bertz CT molecular complexity index is 701. The van der Waals surface area contributed by atoms with Crippen molar-refractivity contribution in [2.75, 3.05) is 17.3 Å². The van der Waals surface area contributed by atoms with E-state index < -0.39 is 5.97 Å². The maximum absolute atomic E-state index is 12.0. The van der Waals surface area contributed by atoms with Gasteiger partial charge in [-0.15, -0.1) is 0 Å². The lowest BCUT2D eigenvalue weighted by Crippen LogP contribution is -2.26. The van der Waals surface area contributed by atoms with Gasteiger partial charge in [0.2, 0.25) is 0 Å². The summed E-state index contributed by atoms with van der Waals surface area (Å²) < 4.78 is 1.66. The smallest absolute Gasteiger partial charge is 0.335 e. The second-order valence-corrected chi connectivity index (χ2v) is 7.20. The van der Waals surface area contributed by atoms with Crippen molar-refractivity contribution >= 4 is 40.5 Å². The Balaban J connectivity index is 1.99. The lowest BCUT2D eigenvalue weighted by Gasteiger charge is -2.21. The molecule has 0 saturated carbocycles. The molecule has 1 atom stereocenters. The highest BCUT2D eigenvalue weighted by atomic mass is 32.2. The molecule has 0 radical (unpaired) electrons. The number of H-pyrrole nitrogens is 1. The molecule has 2 heterocycles. The predicted octanol–water partition coefficient (Wildman–Crippen LogP) is 1.88. The molecular weight excluding hydrogens is 296 g/mol. The molecule has 3 rings (SSSR count). The number of hydrogen-bond acceptors (Lipinski definition) is 4. The molecule has 106 valence electrons. The average molecular weight is 310 g/mol. The van der Waals surface area contributed by atoms with E-state index in [0.717, 1.165) is 17.3 Å². The fraction of sp³-hybridized carbons (Fsp3) is 0.385. The lowest BCUT2D eigenvalue weighted by atomic mass is 10.2. The largest absolute Gasteiger partial charge is 0.478 e. The van der Waals surface area contributed by atoms with Crippen LogP contribution in [0.25, 0.3) is 11.0 Å². The van der Waals surface area contributed by atoms with E-state index in [-0.39, 0.29) is 11.3 Å². The van der Waals surface area contributed by atoms with E-state index in [1.807, 2.05) is 23.5 Å². The van der Waals surface area contributed by atoms with Crippen LogP contribution >= 0.6 is 23.5 Å². The minimum Gasteiger partial charge on any atom is -0.478 e. The van der Waals surface area contributed by atoms with Crippen LogP contribution in [0, 0.1) is 0 Å². The summed E-state index contributed by atoms with van der Waals surface area (Å²) in [5, 5.41) is 9.46. The van der Waals surface area contributed by atoms with Gasteiger partial charge in [-0.2, -0.15) is 23.5 Å². The van der Waals surface area contributed by atoms with Crippen LogP contribution in [0.15, 0.2) is 23.0 Å². The van der Waals surface area contributed by atoms with E-state index in [4.69, 9.17) is 5.11 Å². The lowest BCUT2D eigenvalue weighted by molar-refractivity contribution is 0.0697. The highest BCUT2D eigenvalue weighted by Gasteiger charge is 2.18. The number of thioether (sulfide) groups is 2.